The van der Waals surface area contributed by atoms with E-state index < -0.39 is 5.82 Å². The first-order chi connectivity index (χ1) is 14.0. The molecular formula is C24H20FN3O. The minimum atomic E-state index is -0.417. The van der Waals surface area contributed by atoms with E-state index in [0.717, 1.165) is 28.2 Å². The number of aromatic nitrogens is 2. The third kappa shape index (κ3) is 3.85. The maximum absolute atomic E-state index is 13.7. The molecule has 4 rings (SSSR count). The Hall–Kier alpha value is -3.60. The van der Waals surface area contributed by atoms with Crippen LogP contribution < -0.4 is 5.32 Å². The number of fused-ring (bicyclic) bond motifs is 1. The lowest BCUT2D eigenvalue weighted by atomic mass is 9.99. The van der Waals surface area contributed by atoms with E-state index in [4.69, 9.17) is 0 Å². The van der Waals surface area contributed by atoms with Crippen LogP contribution in [0.2, 0.25) is 0 Å². The van der Waals surface area contributed by atoms with E-state index in [0.29, 0.717) is 16.8 Å². The number of nitrogens with one attached hydrogen (secondary N) is 1. The number of para-hydroxylation sites is 1. The molecule has 1 unspecified atom stereocenters. The molecule has 0 spiro atoms. The monoisotopic (exact) mass is 385 g/mol. The quantitative estimate of drug-likeness (QED) is 0.523. The molecule has 29 heavy (non-hydrogen) atoms. The van der Waals surface area contributed by atoms with Gasteiger partial charge in [-0.05, 0) is 49.2 Å². The molecule has 1 N–H and O–H groups in total. The molecule has 0 aliphatic carbocycles. The molecule has 0 radical (unpaired) electrons. The number of pyridine rings is 2. The van der Waals surface area contributed by atoms with Gasteiger partial charge in [0.25, 0.3) is 5.91 Å². The summed E-state index contributed by atoms with van der Waals surface area (Å²) >= 11 is 0. The van der Waals surface area contributed by atoms with E-state index >= 15 is 0 Å². The average Bonchev–Trinajstić information content (AvgIpc) is 2.73. The molecule has 5 heteroatoms. The Balaban J connectivity index is 1.76. The number of carbonyl (C=O) groups excluding carboxylic acids is 1. The first-order valence-corrected chi connectivity index (χ1v) is 9.40. The molecule has 0 saturated carbocycles. The van der Waals surface area contributed by atoms with Gasteiger partial charge in [-0.25, -0.2) is 9.37 Å². The van der Waals surface area contributed by atoms with Crippen molar-refractivity contribution in [3.8, 4) is 11.3 Å². The average molecular weight is 385 g/mol. The fourth-order valence-electron chi connectivity index (χ4n) is 3.44. The summed E-state index contributed by atoms with van der Waals surface area (Å²) in [6, 6.07) is 18.2. The highest BCUT2D eigenvalue weighted by atomic mass is 19.1. The molecular weight excluding hydrogens is 365 g/mol. The number of rotatable bonds is 4. The fourth-order valence-corrected chi connectivity index (χ4v) is 3.44. The number of halogens is 1. The molecule has 1 atom stereocenters. The summed E-state index contributed by atoms with van der Waals surface area (Å²) in [5.41, 5.74) is 4.46. The van der Waals surface area contributed by atoms with Crippen LogP contribution in [0.3, 0.4) is 0 Å². The Bertz CT molecular complexity index is 1210. The normalized spacial score (nSPS) is 12.0. The van der Waals surface area contributed by atoms with Crippen molar-refractivity contribution in [3.63, 3.8) is 0 Å². The van der Waals surface area contributed by atoms with E-state index in [-0.39, 0.29) is 11.9 Å². The second-order valence-electron chi connectivity index (χ2n) is 7.02. The summed E-state index contributed by atoms with van der Waals surface area (Å²) < 4.78 is 13.7. The van der Waals surface area contributed by atoms with Crippen molar-refractivity contribution < 1.29 is 9.18 Å². The van der Waals surface area contributed by atoms with Gasteiger partial charge in [-0.1, -0.05) is 36.4 Å². The van der Waals surface area contributed by atoms with Gasteiger partial charge in [0.2, 0.25) is 0 Å². The summed E-state index contributed by atoms with van der Waals surface area (Å²) in [4.78, 5) is 21.4. The van der Waals surface area contributed by atoms with Crippen molar-refractivity contribution >= 4 is 16.8 Å². The third-order valence-electron chi connectivity index (χ3n) is 4.95. The minimum Gasteiger partial charge on any atom is -0.345 e. The summed E-state index contributed by atoms with van der Waals surface area (Å²) in [6.07, 6.45) is 2.75. The molecule has 2 aromatic heterocycles. The number of nitrogens with zero attached hydrogens (tertiary/aromatic N) is 2. The SMILES string of the molecule is Cc1ccccc1C(=O)NC(C)c1cc(-c2cncc(F)c2)nc2ccccc12. The Morgan fingerprint density at radius 3 is 2.59 bits per heavy atom. The molecule has 0 bridgehead atoms. The largest absolute Gasteiger partial charge is 0.345 e. The third-order valence-corrected chi connectivity index (χ3v) is 4.95. The topological polar surface area (TPSA) is 54.9 Å². The van der Waals surface area contributed by atoms with E-state index in [1.54, 1.807) is 6.20 Å². The van der Waals surface area contributed by atoms with Crippen LogP contribution in [-0.4, -0.2) is 15.9 Å². The van der Waals surface area contributed by atoms with Crippen LogP contribution in [0.5, 0.6) is 0 Å². The van der Waals surface area contributed by atoms with Crippen LogP contribution in [0.15, 0.2) is 73.1 Å². The van der Waals surface area contributed by atoms with Gasteiger partial charge in [-0.2, -0.15) is 0 Å². The smallest absolute Gasteiger partial charge is 0.252 e. The molecule has 0 aliphatic heterocycles. The lowest BCUT2D eigenvalue weighted by molar-refractivity contribution is 0.0939. The second-order valence-corrected chi connectivity index (χ2v) is 7.02. The lowest BCUT2D eigenvalue weighted by Crippen LogP contribution is -2.27. The van der Waals surface area contributed by atoms with Gasteiger partial charge in [-0.15, -0.1) is 0 Å². The van der Waals surface area contributed by atoms with Crippen LogP contribution in [0.4, 0.5) is 4.39 Å². The minimum absolute atomic E-state index is 0.134. The maximum atomic E-state index is 13.7. The standard InChI is InChI=1S/C24H20FN3O/c1-15-7-3-4-8-19(15)24(29)27-16(2)21-12-23(17-11-18(25)14-26-13-17)28-22-10-6-5-9-20(21)22/h3-14,16H,1-2H3,(H,27,29). The van der Waals surface area contributed by atoms with E-state index in [9.17, 15) is 9.18 Å². The summed E-state index contributed by atoms with van der Waals surface area (Å²) in [7, 11) is 0. The number of benzene rings is 2. The molecule has 2 heterocycles. The van der Waals surface area contributed by atoms with Crippen molar-refractivity contribution in [2.24, 2.45) is 0 Å². The number of amides is 1. The molecule has 2 aromatic carbocycles. The van der Waals surface area contributed by atoms with Gasteiger partial charge in [0.05, 0.1) is 23.4 Å². The Morgan fingerprint density at radius 2 is 1.79 bits per heavy atom. The van der Waals surface area contributed by atoms with Crippen LogP contribution in [0.25, 0.3) is 22.2 Å². The number of hydrogen-bond donors (Lipinski definition) is 1. The number of carbonyl (C=O) groups is 1. The van der Waals surface area contributed by atoms with Gasteiger partial charge in [0.1, 0.15) is 5.82 Å². The highest BCUT2D eigenvalue weighted by Gasteiger charge is 2.17. The lowest BCUT2D eigenvalue weighted by Gasteiger charge is -2.18. The first kappa shape index (κ1) is 18.7. The molecule has 0 aliphatic rings. The number of aryl methyl sites for hydroxylation is 1. The Labute approximate surface area is 168 Å². The zero-order valence-corrected chi connectivity index (χ0v) is 16.2. The predicted octanol–water partition coefficient (Wildman–Crippen LogP) is 5.24. The van der Waals surface area contributed by atoms with Crippen molar-refractivity contribution in [2.75, 3.05) is 0 Å². The highest BCUT2D eigenvalue weighted by molar-refractivity contribution is 5.96. The van der Waals surface area contributed by atoms with Crippen LogP contribution in [0.1, 0.15) is 34.5 Å². The molecule has 0 fully saturated rings. The van der Waals surface area contributed by atoms with Gasteiger partial charge in [0, 0.05) is 22.7 Å². The van der Waals surface area contributed by atoms with Crippen molar-refractivity contribution in [2.45, 2.75) is 19.9 Å². The molecule has 144 valence electrons. The van der Waals surface area contributed by atoms with E-state index in [1.807, 2.05) is 68.4 Å². The van der Waals surface area contributed by atoms with Crippen LogP contribution >= 0.6 is 0 Å². The van der Waals surface area contributed by atoms with E-state index in [2.05, 4.69) is 15.3 Å². The van der Waals surface area contributed by atoms with Crippen LogP contribution in [0, 0.1) is 12.7 Å². The summed E-state index contributed by atoms with van der Waals surface area (Å²) in [5, 5.41) is 4.02. The molecule has 1 amide bonds. The summed E-state index contributed by atoms with van der Waals surface area (Å²) in [6.45, 7) is 3.85. The zero-order chi connectivity index (χ0) is 20.4. The van der Waals surface area contributed by atoms with Gasteiger partial charge < -0.3 is 5.32 Å². The Morgan fingerprint density at radius 1 is 1.03 bits per heavy atom. The van der Waals surface area contributed by atoms with Crippen molar-refractivity contribution in [3.05, 3.63) is 95.6 Å². The predicted molar refractivity (Wildman–Crippen MR) is 112 cm³/mol. The second kappa shape index (κ2) is 7.80. The van der Waals surface area contributed by atoms with E-state index in [1.165, 1.54) is 6.07 Å². The summed E-state index contributed by atoms with van der Waals surface area (Å²) in [5.74, 6) is -0.551. The van der Waals surface area contributed by atoms with Gasteiger partial charge in [-0.3, -0.25) is 9.78 Å². The number of hydrogen-bond acceptors (Lipinski definition) is 3. The molecule has 4 aromatic rings. The maximum Gasteiger partial charge on any atom is 0.252 e. The van der Waals surface area contributed by atoms with Gasteiger partial charge in [0.15, 0.2) is 0 Å². The first-order valence-electron chi connectivity index (χ1n) is 9.40. The highest BCUT2D eigenvalue weighted by Crippen LogP contribution is 2.29. The molecule has 4 nitrogen and oxygen atoms in total. The Kier molecular flexibility index (Phi) is 5.04. The van der Waals surface area contributed by atoms with Crippen molar-refractivity contribution in [1.29, 1.82) is 0 Å². The fraction of sp³-hybridized carbons (Fsp3) is 0.125. The zero-order valence-electron chi connectivity index (χ0n) is 16.2. The van der Waals surface area contributed by atoms with Crippen LogP contribution in [-0.2, 0) is 0 Å². The van der Waals surface area contributed by atoms with Gasteiger partial charge >= 0.3 is 0 Å². The molecule has 0 saturated heterocycles. The van der Waals surface area contributed by atoms with Crippen molar-refractivity contribution in [1.82, 2.24) is 15.3 Å².